The van der Waals surface area contributed by atoms with E-state index >= 15 is 0 Å². The summed E-state index contributed by atoms with van der Waals surface area (Å²) in [4.78, 5) is 0. The lowest BCUT2D eigenvalue weighted by Crippen LogP contribution is -2.40. The molecule has 1 aliphatic heterocycles. The van der Waals surface area contributed by atoms with Crippen molar-refractivity contribution >= 4 is 0 Å². The van der Waals surface area contributed by atoms with Crippen LogP contribution in [0.4, 0.5) is 0 Å². The van der Waals surface area contributed by atoms with Gasteiger partial charge < -0.3 is 19.5 Å². The van der Waals surface area contributed by atoms with Gasteiger partial charge >= 0.3 is 0 Å². The van der Waals surface area contributed by atoms with E-state index in [0.717, 1.165) is 18.8 Å². The molecule has 4 heteroatoms. The Labute approximate surface area is 108 Å². The van der Waals surface area contributed by atoms with E-state index in [2.05, 4.69) is 11.4 Å². The second kappa shape index (κ2) is 6.73. The molecule has 1 aliphatic rings. The number of para-hydroxylation sites is 1. The summed E-state index contributed by atoms with van der Waals surface area (Å²) < 4.78 is 16.6. The van der Waals surface area contributed by atoms with E-state index in [-0.39, 0.29) is 12.1 Å². The molecular formula is C14H21NO3. The number of rotatable bonds is 6. The first-order valence-electron chi connectivity index (χ1n) is 6.36. The van der Waals surface area contributed by atoms with E-state index in [0.29, 0.717) is 13.2 Å². The fourth-order valence-corrected chi connectivity index (χ4v) is 2.26. The van der Waals surface area contributed by atoms with Crippen molar-refractivity contribution in [3.8, 4) is 5.75 Å². The molecule has 0 amide bonds. The van der Waals surface area contributed by atoms with Crippen LogP contribution < -0.4 is 10.1 Å². The molecule has 0 saturated heterocycles. The first kappa shape index (κ1) is 13.3. The molecule has 2 unspecified atom stereocenters. The minimum absolute atomic E-state index is 0.0572. The monoisotopic (exact) mass is 251 g/mol. The van der Waals surface area contributed by atoms with Crippen molar-refractivity contribution < 1.29 is 14.2 Å². The third-order valence-electron chi connectivity index (χ3n) is 3.16. The van der Waals surface area contributed by atoms with Gasteiger partial charge in [-0.2, -0.15) is 0 Å². The highest BCUT2D eigenvalue weighted by atomic mass is 16.5. The molecule has 0 saturated carbocycles. The van der Waals surface area contributed by atoms with Gasteiger partial charge in [0.25, 0.3) is 0 Å². The van der Waals surface area contributed by atoms with Crippen LogP contribution in [0.15, 0.2) is 24.3 Å². The van der Waals surface area contributed by atoms with Crippen LogP contribution in [-0.4, -0.2) is 40.1 Å². The summed E-state index contributed by atoms with van der Waals surface area (Å²) >= 11 is 0. The first-order chi connectivity index (χ1) is 8.86. The van der Waals surface area contributed by atoms with Crippen molar-refractivity contribution in [1.29, 1.82) is 0 Å². The maximum Gasteiger partial charge on any atom is 0.124 e. The predicted molar refractivity (Wildman–Crippen MR) is 70.0 cm³/mol. The Morgan fingerprint density at radius 1 is 1.33 bits per heavy atom. The standard InChI is InChI=1S/C14H21NO3/c1-15-14-11-6-3-4-7-12(11)18-10-13(14)17-9-5-8-16-2/h3-4,6-7,13-15H,5,8-10H2,1-2H3. The smallest absolute Gasteiger partial charge is 0.124 e. The van der Waals surface area contributed by atoms with Crippen LogP contribution in [0.1, 0.15) is 18.0 Å². The Bertz CT molecular complexity index is 370. The van der Waals surface area contributed by atoms with Crippen LogP contribution in [0.5, 0.6) is 5.75 Å². The van der Waals surface area contributed by atoms with Gasteiger partial charge in [-0.15, -0.1) is 0 Å². The van der Waals surface area contributed by atoms with Crippen molar-refractivity contribution in [3.63, 3.8) is 0 Å². The molecule has 1 heterocycles. The number of hydrogen-bond donors (Lipinski definition) is 1. The number of fused-ring (bicyclic) bond motifs is 1. The van der Waals surface area contributed by atoms with E-state index in [9.17, 15) is 0 Å². The fourth-order valence-electron chi connectivity index (χ4n) is 2.26. The van der Waals surface area contributed by atoms with Crippen molar-refractivity contribution in [2.24, 2.45) is 0 Å². The van der Waals surface area contributed by atoms with E-state index in [1.54, 1.807) is 7.11 Å². The predicted octanol–water partition coefficient (Wildman–Crippen LogP) is 1.76. The lowest BCUT2D eigenvalue weighted by Gasteiger charge is -2.33. The Morgan fingerprint density at radius 2 is 2.17 bits per heavy atom. The van der Waals surface area contributed by atoms with Gasteiger partial charge in [-0.05, 0) is 19.5 Å². The van der Waals surface area contributed by atoms with Crippen molar-refractivity contribution in [2.45, 2.75) is 18.6 Å². The van der Waals surface area contributed by atoms with Crippen LogP contribution in [0.25, 0.3) is 0 Å². The first-order valence-corrected chi connectivity index (χ1v) is 6.36. The number of methoxy groups -OCH3 is 1. The highest BCUT2D eigenvalue weighted by Crippen LogP contribution is 2.32. The Kier molecular flexibility index (Phi) is 4.99. The fraction of sp³-hybridized carbons (Fsp3) is 0.571. The van der Waals surface area contributed by atoms with Gasteiger partial charge in [0.2, 0.25) is 0 Å². The molecule has 0 aromatic heterocycles. The second-order valence-electron chi connectivity index (χ2n) is 4.37. The van der Waals surface area contributed by atoms with Crippen LogP contribution >= 0.6 is 0 Å². The third kappa shape index (κ3) is 3.02. The van der Waals surface area contributed by atoms with Crippen molar-refractivity contribution in [2.75, 3.05) is 34.0 Å². The largest absolute Gasteiger partial charge is 0.490 e. The molecule has 0 radical (unpaired) electrons. The van der Waals surface area contributed by atoms with Crippen molar-refractivity contribution in [1.82, 2.24) is 5.32 Å². The zero-order valence-corrected chi connectivity index (χ0v) is 11.0. The molecule has 1 N–H and O–H groups in total. The number of ether oxygens (including phenoxy) is 3. The summed E-state index contributed by atoms with van der Waals surface area (Å²) in [6.45, 7) is 2.02. The van der Waals surface area contributed by atoms with Crippen LogP contribution in [-0.2, 0) is 9.47 Å². The Balaban J connectivity index is 1.97. The summed E-state index contributed by atoms with van der Waals surface area (Å²) in [7, 11) is 3.66. The molecule has 4 nitrogen and oxygen atoms in total. The average Bonchev–Trinajstić information content (AvgIpc) is 2.43. The van der Waals surface area contributed by atoms with Gasteiger partial charge in [0.15, 0.2) is 0 Å². The lowest BCUT2D eigenvalue weighted by molar-refractivity contribution is -0.0199. The number of benzene rings is 1. The van der Waals surface area contributed by atoms with Crippen LogP contribution in [0.3, 0.4) is 0 Å². The molecule has 0 spiro atoms. The van der Waals surface area contributed by atoms with Crippen LogP contribution in [0, 0.1) is 0 Å². The zero-order chi connectivity index (χ0) is 12.8. The summed E-state index contributed by atoms with van der Waals surface area (Å²) in [5, 5.41) is 3.31. The highest BCUT2D eigenvalue weighted by molar-refractivity contribution is 5.38. The average molecular weight is 251 g/mol. The molecule has 1 aromatic rings. The maximum atomic E-state index is 5.88. The quantitative estimate of drug-likeness (QED) is 0.782. The van der Waals surface area contributed by atoms with Crippen molar-refractivity contribution in [3.05, 3.63) is 29.8 Å². The summed E-state index contributed by atoms with van der Waals surface area (Å²) in [6.07, 6.45) is 0.965. The minimum Gasteiger partial charge on any atom is -0.490 e. The van der Waals surface area contributed by atoms with E-state index < -0.39 is 0 Å². The third-order valence-corrected chi connectivity index (χ3v) is 3.16. The molecule has 18 heavy (non-hydrogen) atoms. The maximum absolute atomic E-state index is 5.88. The molecule has 100 valence electrons. The Hall–Kier alpha value is -1.10. The minimum atomic E-state index is 0.0572. The SMILES string of the molecule is CNC1c2ccccc2OCC1OCCCOC. The van der Waals surface area contributed by atoms with E-state index in [4.69, 9.17) is 14.2 Å². The molecule has 0 bridgehead atoms. The van der Waals surface area contributed by atoms with Gasteiger partial charge in [0, 0.05) is 25.9 Å². The second-order valence-corrected chi connectivity index (χ2v) is 4.37. The summed E-state index contributed by atoms with van der Waals surface area (Å²) in [5.74, 6) is 0.952. The zero-order valence-electron chi connectivity index (χ0n) is 11.0. The van der Waals surface area contributed by atoms with Crippen LogP contribution in [0.2, 0.25) is 0 Å². The molecule has 2 rings (SSSR count). The molecule has 0 aliphatic carbocycles. The number of nitrogens with one attached hydrogen (secondary N) is 1. The highest BCUT2D eigenvalue weighted by Gasteiger charge is 2.30. The topological polar surface area (TPSA) is 39.7 Å². The van der Waals surface area contributed by atoms with Gasteiger partial charge in [-0.3, -0.25) is 0 Å². The summed E-state index contributed by atoms with van der Waals surface area (Å²) in [5.41, 5.74) is 1.17. The molecule has 2 atom stereocenters. The normalized spacial score (nSPS) is 22.3. The number of likely N-dealkylation sites (N-methyl/N-ethyl adjacent to an activating group) is 1. The molecular weight excluding hydrogens is 230 g/mol. The Morgan fingerprint density at radius 3 is 2.94 bits per heavy atom. The van der Waals surface area contributed by atoms with E-state index in [1.165, 1.54) is 5.56 Å². The molecule has 0 fully saturated rings. The van der Waals surface area contributed by atoms with Gasteiger partial charge in [-0.25, -0.2) is 0 Å². The van der Waals surface area contributed by atoms with E-state index in [1.807, 2.05) is 25.2 Å². The van der Waals surface area contributed by atoms with Gasteiger partial charge in [-0.1, -0.05) is 18.2 Å². The van der Waals surface area contributed by atoms with Gasteiger partial charge in [0.1, 0.15) is 18.5 Å². The lowest BCUT2D eigenvalue weighted by atomic mass is 9.98. The summed E-state index contributed by atoms with van der Waals surface area (Å²) in [6, 6.07) is 8.30. The number of hydrogen-bond acceptors (Lipinski definition) is 4. The molecule has 1 aromatic carbocycles. The van der Waals surface area contributed by atoms with Gasteiger partial charge in [0.05, 0.1) is 6.04 Å².